The second kappa shape index (κ2) is 5.48. The molecule has 1 aromatic carbocycles. The van der Waals surface area contributed by atoms with E-state index in [1.807, 2.05) is 38.1 Å². The summed E-state index contributed by atoms with van der Waals surface area (Å²) in [4.78, 5) is 0. The SMILES string of the molecule is CCP(=O)(CC)Cc1ccccc1CO. The van der Waals surface area contributed by atoms with Crippen LogP contribution in [0.5, 0.6) is 0 Å². The third-order valence-electron chi connectivity index (χ3n) is 2.90. The molecule has 15 heavy (non-hydrogen) atoms. The normalized spacial score (nSPS) is 11.7. The zero-order valence-corrected chi connectivity index (χ0v) is 10.3. The summed E-state index contributed by atoms with van der Waals surface area (Å²) in [6, 6.07) is 7.69. The minimum Gasteiger partial charge on any atom is -0.392 e. The first-order valence-electron chi connectivity index (χ1n) is 5.40. The molecule has 0 spiro atoms. The van der Waals surface area contributed by atoms with E-state index in [1.54, 1.807) is 0 Å². The van der Waals surface area contributed by atoms with Crippen LogP contribution in [0.15, 0.2) is 24.3 Å². The molecule has 0 aliphatic carbocycles. The van der Waals surface area contributed by atoms with Crippen LogP contribution in [0, 0.1) is 0 Å². The van der Waals surface area contributed by atoms with E-state index in [2.05, 4.69) is 0 Å². The van der Waals surface area contributed by atoms with Crippen molar-refractivity contribution in [1.29, 1.82) is 0 Å². The fraction of sp³-hybridized carbons (Fsp3) is 0.500. The van der Waals surface area contributed by atoms with Crippen molar-refractivity contribution in [2.24, 2.45) is 0 Å². The van der Waals surface area contributed by atoms with Crippen molar-refractivity contribution in [3.63, 3.8) is 0 Å². The lowest BCUT2D eigenvalue weighted by molar-refractivity contribution is 0.281. The highest BCUT2D eigenvalue weighted by Crippen LogP contribution is 2.48. The monoisotopic (exact) mass is 226 g/mol. The van der Waals surface area contributed by atoms with Gasteiger partial charge in [-0.2, -0.15) is 0 Å². The standard InChI is InChI=1S/C12H19O2P/c1-3-15(14,4-2)10-12-8-6-5-7-11(12)9-13/h5-8,13H,3-4,9-10H2,1-2H3. The van der Waals surface area contributed by atoms with Crippen LogP contribution < -0.4 is 0 Å². The molecule has 0 aromatic heterocycles. The van der Waals surface area contributed by atoms with Gasteiger partial charge >= 0.3 is 0 Å². The Labute approximate surface area is 91.7 Å². The zero-order valence-electron chi connectivity index (χ0n) is 9.44. The van der Waals surface area contributed by atoms with Crippen molar-refractivity contribution in [2.75, 3.05) is 12.3 Å². The number of rotatable bonds is 5. The van der Waals surface area contributed by atoms with Crippen LogP contribution >= 0.6 is 7.14 Å². The van der Waals surface area contributed by atoms with Crippen molar-refractivity contribution >= 4 is 7.14 Å². The molecule has 0 atom stereocenters. The first-order valence-corrected chi connectivity index (χ1v) is 7.66. The summed E-state index contributed by atoms with van der Waals surface area (Å²) < 4.78 is 12.3. The van der Waals surface area contributed by atoms with Crippen LogP contribution in [-0.4, -0.2) is 17.4 Å². The lowest BCUT2D eigenvalue weighted by Crippen LogP contribution is -1.98. The summed E-state index contributed by atoms with van der Waals surface area (Å²) in [6.07, 6.45) is 2.10. The van der Waals surface area contributed by atoms with E-state index in [0.717, 1.165) is 23.5 Å². The molecule has 0 aliphatic rings. The maximum Gasteiger partial charge on any atom is 0.0914 e. The highest BCUT2D eigenvalue weighted by Gasteiger charge is 2.18. The smallest absolute Gasteiger partial charge is 0.0914 e. The first-order chi connectivity index (χ1) is 7.15. The third-order valence-corrected chi connectivity index (χ3v) is 6.12. The Balaban J connectivity index is 2.93. The average molecular weight is 226 g/mol. The minimum absolute atomic E-state index is 0.0314. The molecule has 2 nitrogen and oxygen atoms in total. The lowest BCUT2D eigenvalue weighted by Gasteiger charge is -2.16. The Morgan fingerprint density at radius 3 is 2.13 bits per heavy atom. The Morgan fingerprint density at radius 1 is 1.13 bits per heavy atom. The fourth-order valence-corrected chi connectivity index (χ4v) is 3.45. The van der Waals surface area contributed by atoms with Crippen LogP contribution in [0.4, 0.5) is 0 Å². The first kappa shape index (κ1) is 12.5. The van der Waals surface area contributed by atoms with Gasteiger partial charge in [0.1, 0.15) is 0 Å². The van der Waals surface area contributed by atoms with Gasteiger partial charge in [-0.3, -0.25) is 0 Å². The number of aliphatic hydroxyl groups is 1. The fourth-order valence-electron chi connectivity index (χ4n) is 1.62. The van der Waals surface area contributed by atoms with E-state index in [0.29, 0.717) is 6.16 Å². The van der Waals surface area contributed by atoms with Crippen molar-refractivity contribution in [3.05, 3.63) is 35.4 Å². The van der Waals surface area contributed by atoms with E-state index in [-0.39, 0.29) is 6.61 Å². The van der Waals surface area contributed by atoms with Crippen molar-refractivity contribution in [2.45, 2.75) is 26.6 Å². The topological polar surface area (TPSA) is 37.3 Å². The summed E-state index contributed by atoms with van der Waals surface area (Å²) in [5.74, 6) is 0. The molecule has 1 aromatic rings. The second-order valence-electron chi connectivity index (χ2n) is 3.78. The predicted octanol–water partition coefficient (Wildman–Crippen LogP) is 3.08. The second-order valence-corrected chi connectivity index (χ2v) is 7.47. The molecule has 3 heteroatoms. The molecule has 0 aliphatic heterocycles. The van der Waals surface area contributed by atoms with Gasteiger partial charge in [-0.25, -0.2) is 0 Å². The number of benzene rings is 1. The van der Waals surface area contributed by atoms with Gasteiger partial charge in [0.2, 0.25) is 0 Å². The predicted molar refractivity (Wildman–Crippen MR) is 64.8 cm³/mol. The molecule has 1 rings (SSSR count). The molecular formula is C12H19O2P. The summed E-state index contributed by atoms with van der Waals surface area (Å²) in [6.45, 7) is 3.99. The highest BCUT2D eigenvalue weighted by atomic mass is 31.2. The Bertz CT molecular complexity index is 352. The molecule has 84 valence electrons. The maximum atomic E-state index is 12.3. The number of hydrogen-bond acceptors (Lipinski definition) is 2. The molecule has 0 amide bonds. The largest absolute Gasteiger partial charge is 0.392 e. The van der Waals surface area contributed by atoms with E-state index < -0.39 is 7.14 Å². The van der Waals surface area contributed by atoms with Crippen LogP contribution in [0.2, 0.25) is 0 Å². The van der Waals surface area contributed by atoms with Gasteiger partial charge in [0, 0.05) is 6.16 Å². The number of hydrogen-bond donors (Lipinski definition) is 1. The molecule has 0 saturated heterocycles. The minimum atomic E-state index is -2.05. The number of aliphatic hydroxyl groups excluding tert-OH is 1. The molecule has 1 N–H and O–H groups in total. The van der Waals surface area contributed by atoms with Crippen molar-refractivity contribution in [1.82, 2.24) is 0 Å². The molecule has 0 heterocycles. The Kier molecular flexibility index (Phi) is 4.56. The van der Waals surface area contributed by atoms with Crippen LogP contribution in [-0.2, 0) is 17.3 Å². The quantitative estimate of drug-likeness (QED) is 0.783. The summed E-state index contributed by atoms with van der Waals surface area (Å²) in [5, 5.41) is 9.17. The molecule has 0 fully saturated rings. The van der Waals surface area contributed by atoms with Gasteiger partial charge in [0.05, 0.1) is 13.7 Å². The van der Waals surface area contributed by atoms with Gasteiger partial charge in [0.25, 0.3) is 0 Å². The molecule has 0 saturated carbocycles. The maximum absolute atomic E-state index is 12.3. The Morgan fingerprint density at radius 2 is 1.67 bits per heavy atom. The average Bonchev–Trinajstić information content (AvgIpc) is 2.29. The lowest BCUT2D eigenvalue weighted by atomic mass is 10.1. The van der Waals surface area contributed by atoms with E-state index in [1.165, 1.54) is 0 Å². The van der Waals surface area contributed by atoms with Crippen molar-refractivity contribution < 1.29 is 9.67 Å². The summed E-state index contributed by atoms with van der Waals surface area (Å²) >= 11 is 0. The van der Waals surface area contributed by atoms with Gasteiger partial charge in [-0.15, -0.1) is 0 Å². The molecule has 0 unspecified atom stereocenters. The van der Waals surface area contributed by atoms with Crippen molar-refractivity contribution in [3.8, 4) is 0 Å². The zero-order chi connectivity index (χ0) is 11.3. The van der Waals surface area contributed by atoms with Gasteiger partial charge < -0.3 is 9.67 Å². The third kappa shape index (κ3) is 3.19. The van der Waals surface area contributed by atoms with Crippen LogP contribution in [0.25, 0.3) is 0 Å². The van der Waals surface area contributed by atoms with E-state index >= 15 is 0 Å². The van der Waals surface area contributed by atoms with Crippen LogP contribution in [0.3, 0.4) is 0 Å². The summed E-state index contributed by atoms with van der Waals surface area (Å²) in [7, 11) is -2.05. The molecular weight excluding hydrogens is 207 g/mol. The summed E-state index contributed by atoms with van der Waals surface area (Å²) in [5.41, 5.74) is 1.94. The van der Waals surface area contributed by atoms with Gasteiger partial charge in [-0.05, 0) is 23.5 Å². The molecule has 0 bridgehead atoms. The van der Waals surface area contributed by atoms with Gasteiger partial charge in [0.15, 0.2) is 0 Å². The molecule has 0 radical (unpaired) electrons. The van der Waals surface area contributed by atoms with Crippen LogP contribution in [0.1, 0.15) is 25.0 Å². The Hall–Kier alpha value is -0.590. The van der Waals surface area contributed by atoms with E-state index in [4.69, 9.17) is 0 Å². The van der Waals surface area contributed by atoms with E-state index in [9.17, 15) is 9.67 Å². The van der Waals surface area contributed by atoms with Gasteiger partial charge in [-0.1, -0.05) is 38.1 Å². The highest BCUT2D eigenvalue weighted by molar-refractivity contribution is 7.63.